The fourth-order valence-electron chi connectivity index (χ4n) is 5.18. The molecule has 0 radical (unpaired) electrons. The van der Waals surface area contributed by atoms with Gasteiger partial charge in [0.2, 0.25) is 5.91 Å². The average molecular weight is 588 g/mol. The third-order valence-corrected chi connectivity index (χ3v) is 7.40. The maximum atomic E-state index is 14.6. The molecule has 0 saturated carbocycles. The van der Waals surface area contributed by atoms with Gasteiger partial charge < -0.3 is 20.3 Å². The van der Waals surface area contributed by atoms with Crippen LogP contribution in [-0.4, -0.2) is 40.5 Å². The van der Waals surface area contributed by atoms with E-state index in [9.17, 15) is 14.4 Å². The van der Waals surface area contributed by atoms with Crippen LogP contribution in [0.4, 0.5) is 10.5 Å². The Morgan fingerprint density at radius 1 is 0.837 bits per heavy atom. The van der Waals surface area contributed by atoms with E-state index in [2.05, 4.69) is 24.5 Å². The summed E-state index contributed by atoms with van der Waals surface area (Å²) in [6.45, 7) is 17.3. The highest BCUT2D eigenvalue weighted by Gasteiger charge is 2.40. The Hall–Kier alpha value is -3.87. The number of carbonyl (C=O) groups is 3. The number of amides is 3. The van der Waals surface area contributed by atoms with Gasteiger partial charge in [-0.3, -0.25) is 9.59 Å². The van der Waals surface area contributed by atoms with Crippen molar-refractivity contribution in [3.05, 3.63) is 77.9 Å². The fourth-order valence-corrected chi connectivity index (χ4v) is 5.18. The van der Waals surface area contributed by atoms with Crippen LogP contribution >= 0.6 is 0 Å². The molecule has 0 spiro atoms. The number of hydrogen-bond donors (Lipinski definition) is 2. The van der Waals surface area contributed by atoms with Crippen LogP contribution in [0.25, 0.3) is 10.8 Å². The van der Waals surface area contributed by atoms with E-state index in [0.29, 0.717) is 23.6 Å². The van der Waals surface area contributed by atoms with Gasteiger partial charge in [-0.15, -0.1) is 0 Å². The molecule has 0 aliphatic rings. The Morgan fingerprint density at radius 2 is 1.51 bits per heavy atom. The zero-order valence-corrected chi connectivity index (χ0v) is 27.2. The standard InChI is InChI=1S/C36H49N3O4/c1-23(2)17-18-26(6)39(34(41)31(24(3)4)38-35(42)43-36(7,8)9)32(29-16-12-13-25(5)21-29)33(40)37-30-20-19-27-14-10-11-15-28(27)22-30/h10-16,19-24,26,31-32H,17-18H2,1-9H3,(H,37,40)(H,38,42). The number of carbonyl (C=O) groups excluding carboxylic acids is 3. The second-order valence-corrected chi connectivity index (χ2v) is 13.3. The Kier molecular flexibility index (Phi) is 11.4. The van der Waals surface area contributed by atoms with E-state index in [1.807, 2.05) is 94.4 Å². The molecule has 0 heterocycles. The van der Waals surface area contributed by atoms with Gasteiger partial charge in [-0.25, -0.2) is 4.79 Å². The van der Waals surface area contributed by atoms with Gasteiger partial charge in [0, 0.05) is 11.7 Å². The molecule has 3 amide bonds. The molecule has 0 fully saturated rings. The van der Waals surface area contributed by atoms with E-state index >= 15 is 0 Å². The first-order valence-electron chi connectivity index (χ1n) is 15.3. The molecule has 0 aliphatic heterocycles. The third kappa shape index (κ3) is 9.57. The first-order chi connectivity index (χ1) is 20.2. The van der Waals surface area contributed by atoms with Gasteiger partial charge in [0.25, 0.3) is 5.91 Å². The van der Waals surface area contributed by atoms with Crippen LogP contribution in [0.2, 0.25) is 0 Å². The van der Waals surface area contributed by atoms with Gasteiger partial charge in [-0.1, -0.05) is 87.9 Å². The van der Waals surface area contributed by atoms with Crippen LogP contribution in [0.15, 0.2) is 66.7 Å². The van der Waals surface area contributed by atoms with Gasteiger partial charge in [0.05, 0.1) is 0 Å². The smallest absolute Gasteiger partial charge is 0.408 e. The lowest BCUT2D eigenvalue weighted by Gasteiger charge is -2.39. The predicted octanol–water partition coefficient (Wildman–Crippen LogP) is 8.03. The molecule has 0 saturated heterocycles. The number of aryl methyl sites for hydroxylation is 1. The lowest BCUT2D eigenvalue weighted by Crippen LogP contribution is -2.56. The fraction of sp³-hybridized carbons (Fsp3) is 0.472. The minimum absolute atomic E-state index is 0.249. The molecule has 2 N–H and O–H groups in total. The van der Waals surface area contributed by atoms with Crippen molar-refractivity contribution in [2.24, 2.45) is 11.8 Å². The lowest BCUT2D eigenvalue weighted by molar-refractivity contribution is -0.144. The van der Waals surface area contributed by atoms with Crippen LogP contribution < -0.4 is 10.6 Å². The summed E-state index contributed by atoms with van der Waals surface area (Å²) in [5, 5.41) is 8.00. The van der Waals surface area contributed by atoms with Crippen LogP contribution in [-0.2, 0) is 14.3 Å². The third-order valence-electron chi connectivity index (χ3n) is 7.40. The summed E-state index contributed by atoms with van der Waals surface area (Å²) in [5.41, 5.74) is 1.62. The van der Waals surface area contributed by atoms with Gasteiger partial charge >= 0.3 is 6.09 Å². The number of hydrogen-bond acceptors (Lipinski definition) is 4. The highest BCUT2D eigenvalue weighted by molar-refractivity contribution is 6.00. The molecule has 3 aromatic rings. The summed E-state index contributed by atoms with van der Waals surface area (Å²) < 4.78 is 5.51. The molecule has 43 heavy (non-hydrogen) atoms. The van der Waals surface area contributed by atoms with E-state index in [-0.39, 0.29) is 23.8 Å². The van der Waals surface area contributed by atoms with E-state index in [1.165, 1.54) is 0 Å². The summed E-state index contributed by atoms with van der Waals surface area (Å²) in [7, 11) is 0. The molecule has 3 aromatic carbocycles. The molecule has 3 unspecified atom stereocenters. The number of fused-ring (bicyclic) bond motifs is 1. The molecule has 232 valence electrons. The maximum Gasteiger partial charge on any atom is 0.408 e. The Labute approximate surface area is 257 Å². The van der Waals surface area contributed by atoms with Crippen molar-refractivity contribution in [2.45, 2.75) is 98.9 Å². The maximum absolute atomic E-state index is 14.6. The van der Waals surface area contributed by atoms with Gasteiger partial charge in [0.1, 0.15) is 17.7 Å². The molecule has 7 heteroatoms. The first-order valence-corrected chi connectivity index (χ1v) is 15.3. The summed E-state index contributed by atoms with van der Waals surface area (Å²) >= 11 is 0. The normalized spacial score (nSPS) is 13.8. The van der Waals surface area contributed by atoms with Crippen LogP contribution in [0.3, 0.4) is 0 Å². The lowest BCUT2D eigenvalue weighted by atomic mass is 9.94. The van der Waals surface area contributed by atoms with E-state index < -0.39 is 23.8 Å². The quantitative estimate of drug-likeness (QED) is 0.238. The molecule has 3 rings (SSSR count). The van der Waals surface area contributed by atoms with Gasteiger partial charge in [-0.2, -0.15) is 0 Å². The molecular weight excluding hydrogens is 538 g/mol. The first kappa shape index (κ1) is 33.6. The van der Waals surface area contributed by atoms with Crippen molar-refractivity contribution in [1.29, 1.82) is 0 Å². The molecular formula is C36H49N3O4. The minimum atomic E-state index is -0.928. The van der Waals surface area contributed by atoms with Crippen LogP contribution in [0.1, 0.15) is 85.4 Å². The summed E-state index contributed by atoms with van der Waals surface area (Å²) in [6, 6.07) is 19.4. The number of benzene rings is 3. The number of ether oxygens (including phenoxy) is 1. The van der Waals surface area contributed by atoms with Crippen molar-refractivity contribution in [3.63, 3.8) is 0 Å². The van der Waals surface area contributed by atoms with Crippen molar-refractivity contribution >= 4 is 34.4 Å². The van der Waals surface area contributed by atoms with E-state index in [4.69, 9.17) is 4.74 Å². The van der Waals surface area contributed by atoms with Crippen molar-refractivity contribution in [2.75, 3.05) is 5.32 Å². The summed E-state index contributed by atoms with van der Waals surface area (Å²) in [4.78, 5) is 43.5. The molecule has 0 bridgehead atoms. The molecule has 7 nitrogen and oxygen atoms in total. The largest absolute Gasteiger partial charge is 0.444 e. The van der Waals surface area contributed by atoms with Crippen molar-refractivity contribution < 1.29 is 19.1 Å². The summed E-state index contributed by atoms with van der Waals surface area (Å²) in [5.74, 6) is -0.465. The monoisotopic (exact) mass is 587 g/mol. The molecule has 0 aliphatic carbocycles. The number of alkyl carbamates (subject to hydrolysis) is 1. The molecule has 3 atom stereocenters. The second-order valence-electron chi connectivity index (χ2n) is 13.3. The van der Waals surface area contributed by atoms with Gasteiger partial charge in [-0.05, 0) is 87.8 Å². The Balaban J connectivity index is 2.09. The topological polar surface area (TPSA) is 87.7 Å². The number of rotatable bonds is 11. The molecule has 0 aromatic heterocycles. The number of nitrogens with one attached hydrogen (secondary N) is 2. The highest BCUT2D eigenvalue weighted by atomic mass is 16.6. The van der Waals surface area contributed by atoms with Crippen LogP contribution in [0, 0.1) is 18.8 Å². The zero-order chi connectivity index (χ0) is 31.9. The highest BCUT2D eigenvalue weighted by Crippen LogP contribution is 2.30. The predicted molar refractivity (Wildman–Crippen MR) is 175 cm³/mol. The summed E-state index contributed by atoms with van der Waals surface area (Å²) in [6.07, 6.45) is 0.914. The Bertz CT molecular complexity index is 1410. The van der Waals surface area contributed by atoms with E-state index in [0.717, 1.165) is 22.8 Å². The average Bonchev–Trinajstić information content (AvgIpc) is 2.91. The van der Waals surface area contributed by atoms with E-state index in [1.54, 1.807) is 25.7 Å². The SMILES string of the molecule is Cc1cccc(C(C(=O)Nc2ccc3ccccc3c2)N(C(=O)C(NC(=O)OC(C)(C)C)C(C)C)C(C)CCC(C)C)c1. The van der Waals surface area contributed by atoms with Crippen molar-refractivity contribution in [1.82, 2.24) is 10.2 Å². The van der Waals surface area contributed by atoms with Crippen molar-refractivity contribution in [3.8, 4) is 0 Å². The minimum Gasteiger partial charge on any atom is -0.444 e. The number of anilines is 1. The van der Waals surface area contributed by atoms with Crippen LogP contribution in [0.5, 0.6) is 0 Å². The zero-order valence-electron chi connectivity index (χ0n) is 27.2. The number of nitrogens with zero attached hydrogens (tertiary/aromatic N) is 1. The second kappa shape index (κ2) is 14.5. The Morgan fingerprint density at radius 3 is 2.12 bits per heavy atom. The van der Waals surface area contributed by atoms with Gasteiger partial charge in [0.15, 0.2) is 0 Å².